The van der Waals surface area contributed by atoms with Gasteiger partial charge in [-0.1, -0.05) is 6.92 Å². The first-order chi connectivity index (χ1) is 10.3. The summed E-state index contributed by atoms with van der Waals surface area (Å²) in [5, 5.41) is 5.39. The molecule has 1 unspecified atom stereocenters. The largest absolute Gasteiger partial charge is 0.331 e. The van der Waals surface area contributed by atoms with Crippen LogP contribution in [0.15, 0.2) is 24.3 Å². The van der Waals surface area contributed by atoms with E-state index >= 15 is 0 Å². The first-order valence-electron chi connectivity index (χ1n) is 7.28. The van der Waals surface area contributed by atoms with Gasteiger partial charge in [0.05, 0.1) is 0 Å². The molecule has 120 valence electrons. The average Bonchev–Trinajstić information content (AvgIpc) is 2.45. The van der Waals surface area contributed by atoms with Crippen LogP contribution < -0.4 is 10.6 Å². The van der Waals surface area contributed by atoms with Gasteiger partial charge in [0.2, 0.25) is 17.7 Å². The summed E-state index contributed by atoms with van der Waals surface area (Å²) in [6, 6.07) is 6.82. The van der Waals surface area contributed by atoms with Crippen molar-refractivity contribution in [2.75, 3.05) is 17.2 Å². The molecular weight excluding hydrogens is 282 g/mol. The highest BCUT2D eigenvalue weighted by molar-refractivity contribution is 5.95. The second-order valence-corrected chi connectivity index (χ2v) is 5.21. The Bertz CT molecular complexity index is 540. The fraction of sp³-hybridized carbons (Fsp3) is 0.438. The number of hydrogen-bond acceptors (Lipinski definition) is 3. The van der Waals surface area contributed by atoms with Crippen molar-refractivity contribution in [2.24, 2.45) is 0 Å². The normalized spacial score (nSPS) is 11.5. The number of anilines is 2. The van der Waals surface area contributed by atoms with E-state index in [0.717, 1.165) is 6.42 Å². The van der Waals surface area contributed by atoms with E-state index in [0.29, 0.717) is 11.4 Å². The number of hydrogen-bond donors (Lipinski definition) is 2. The molecule has 0 heterocycles. The lowest BCUT2D eigenvalue weighted by molar-refractivity contribution is -0.134. The fourth-order valence-electron chi connectivity index (χ4n) is 1.99. The predicted molar refractivity (Wildman–Crippen MR) is 86.5 cm³/mol. The van der Waals surface area contributed by atoms with Crippen LogP contribution in [0.25, 0.3) is 0 Å². The average molecular weight is 305 g/mol. The molecule has 3 amide bonds. The molecule has 6 heteroatoms. The van der Waals surface area contributed by atoms with Gasteiger partial charge in [-0.25, -0.2) is 0 Å². The van der Waals surface area contributed by atoms with Crippen LogP contribution in [0, 0.1) is 0 Å². The summed E-state index contributed by atoms with van der Waals surface area (Å²) >= 11 is 0. The Morgan fingerprint density at radius 1 is 1.05 bits per heavy atom. The molecule has 2 N–H and O–H groups in total. The second-order valence-electron chi connectivity index (χ2n) is 5.21. The van der Waals surface area contributed by atoms with Gasteiger partial charge in [-0.3, -0.25) is 14.4 Å². The van der Waals surface area contributed by atoms with Crippen molar-refractivity contribution in [1.29, 1.82) is 0 Å². The Kier molecular flexibility index (Phi) is 6.56. The standard InChI is InChI=1S/C16H23N3O3/c1-5-11(2)19(13(4)21)10-16(22)18-15-8-6-14(7-9-15)17-12(3)20/h6-9,11H,5,10H2,1-4H3,(H,17,20)(H,18,22). The lowest BCUT2D eigenvalue weighted by Gasteiger charge is -2.26. The van der Waals surface area contributed by atoms with Crippen molar-refractivity contribution >= 4 is 29.1 Å². The molecule has 0 bridgehead atoms. The van der Waals surface area contributed by atoms with Crippen LogP contribution in [0.2, 0.25) is 0 Å². The van der Waals surface area contributed by atoms with Crippen LogP contribution in [0.1, 0.15) is 34.1 Å². The highest BCUT2D eigenvalue weighted by Gasteiger charge is 2.18. The molecule has 22 heavy (non-hydrogen) atoms. The summed E-state index contributed by atoms with van der Waals surface area (Å²) in [4.78, 5) is 36.1. The molecule has 1 atom stereocenters. The molecule has 0 aliphatic heterocycles. The monoisotopic (exact) mass is 305 g/mol. The van der Waals surface area contributed by atoms with Gasteiger partial charge >= 0.3 is 0 Å². The lowest BCUT2D eigenvalue weighted by Crippen LogP contribution is -2.42. The summed E-state index contributed by atoms with van der Waals surface area (Å²) in [6.45, 7) is 6.80. The van der Waals surface area contributed by atoms with E-state index in [9.17, 15) is 14.4 Å². The minimum atomic E-state index is -0.247. The summed E-state index contributed by atoms with van der Waals surface area (Å²) in [6.07, 6.45) is 0.790. The van der Waals surface area contributed by atoms with Crippen molar-refractivity contribution in [3.05, 3.63) is 24.3 Å². The Labute approximate surface area is 130 Å². The SMILES string of the molecule is CCC(C)N(CC(=O)Nc1ccc(NC(C)=O)cc1)C(C)=O. The van der Waals surface area contributed by atoms with Crippen molar-refractivity contribution in [2.45, 2.75) is 40.2 Å². The molecule has 0 radical (unpaired) electrons. The maximum absolute atomic E-state index is 12.0. The third kappa shape index (κ3) is 5.55. The predicted octanol–water partition coefficient (Wildman–Crippen LogP) is 2.23. The minimum Gasteiger partial charge on any atom is -0.331 e. The van der Waals surface area contributed by atoms with E-state index in [-0.39, 0.29) is 30.3 Å². The van der Waals surface area contributed by atoms with E-state index in [1.807, 2.05) is 13.8 Å². The van der Waals surface area contributed by atoms with Gasteiger partial charge in [0.25, 0.3) is 0 Å². The Morgan fingerprint density at radius 3 is 1.95 bits per heavy atom. The van der Waals surface area contributed by atoms with Crippen LogP contribution in [0.3, 0.4) is 0 Å². The van der Waals surface area contributed by atoms with Crippen LogP contribution in [0.5, 0.6) is 0 Å². The first-order valence-corrected chi connectivity index (χ1v) is 7.28. The molecule has 1 aromatic carbocycles. The second kappa shape index (κ2) is 8.17. The van der Waals surface area contributed by atoms with Gasteiger partial charge in [-0.05, 0) is 37.6 Å². The molecule has 0 aliphatic rings. The van der Waals surface area contributed by atoms with Gasteiger partial charge in [-0.2, -0.15) is 0 Å². The number of benzene rings is 1. The zero-order valence-electron chi connectivity index (χ0n) is 13.5. The fourth-order valence-corrected chi connectivity index (χ4v) is 1.99. The van der Waals surface area contributed by atoms with Gasteiger partial charge < -0.3 is 15.5 Å². The third-order valence-electron chi connectivity index (χ3n) is 3.33. The van der Waals surface area contributed by atoms with Crippen LogP contribution in [-0.2, 0) is 14.4 Å². The molecule has 0 saturated heterocycles. The van der Waals surface area contributed by atoms with E-state index in [1.54, 1.807) is 29.2 Å². The molecule has 0 aliphatic carbocycles. The maximum atomic E-state index is 12.0. The van der Waals surface area contributed by atoms with E-state index in [4.69, 9.17) is 0 Å². The van der Waals surface area contributed by atoms with Crippen LogP contribution >= 0.6 is 0 Å². The van der Waals surface area contributed by atoms with Crippen molar-refractivity contribution in [3.63, 3.8) is 0 Å². The summed E-state index contributed by atoms with van der Waals surface area (Å²) in [5.41, 5.74) is 1.28. The number of nitrogens with zero attached hydrogens (tertiary/aromatic N) is 1. The van der Waals surface area contributed by atoms with Gasteiger partial charge in [0.1, 0.15) is 6.54 Å². The van der Waals surface area contributed by atoms with Crippen molar-refractivity contribution in [3.8, 4) is 0 Å². The molecule has 0 saturated carbocycles. The number of carbonyl (C=O) groups is 3. The highest BCUT2D eigenvalue weighted by Crippen LogP contribution is 2.14. The van der Waals surface area contributed by atoms with E-state index in [2.05, 4.69) is 10.6 Å². The molecule has 0 fully saturated rings. The minimum absolute atomic E-state index is 0.0189. The molecule has 1 aromatic rings. The summed E-state index contributed by atoms with van der Waals surface area (Å²) in [7, 11) is 0. The van der Waals surface area contributed by atoms with E-state index < -0.39 is 0 Å². The van der Waals surface area contributed by atoms with Crippen LogP contribution in [0.4, 0.5) is 11.4 Å². The maximum Gasteiger partial charge on any atom is 0.244 e. The third-order valence-corrected chi connectivity index (χ3v) is 3.33. The topological polar surface area (TPSA) is 78.5 Å². The number of nitrogens with one attached hydrogen (secondary N) is 2. The Hall–Kier alpha value is -2.37. The van der Waals surface area contributed by atoms with Crippen molar-refractivity contribution in [1.82, 2.24) is 4.90 Å². The number of carbonyl (C=O) groups excluding carboxylic acids is 3. The van der Waals surface area contributed by atoms with Gasteiger partial charge in [0, 0.05) is 31.3 Å². The molecule has 1 rings (SSSR count). The first kappa shape index (κ1) is 17.7. The van der Waals surface area contributed by atoms with Gasteiger partial charge in [0.15, 0.2) is 0 Å². The zero-order valence-corrected chi connectivity index (χ0v) is 13.5. The molecule has 0 aromatic heterocycles. The summed E-state index contributed by atoms with van der Waals surface area (Å²) in [5.74, 6) is -0.518. The van der Waals surface area contributed by atoms with E-state index in [1.165, 1.54) is 13.8 Å². The molecule has 0 spiro atoms. The smallest absolute Gasteiger partial charge is 0.244 e. The lowest BCUT2D eigenvalue weighted by atomic mass is 10.2. The molecule has 6 nitrogen and oxygen atoms in total. The van der Waals surface area contributed by atoms with Crippen molar-refractivity contribution < 1.29 is 14.4 Å². The number of rotatable bonds is 6. The number of amides is 3. The summed E-state index contributed by atoms with van der Waals surface area (Å²) < 4.78 is 0. The Morgan fingerprint density at radius 2 is 1.55 bits per heavy atom. The molecular formula is C16H23N3O3. The van der Waals surface area contributed by atoms with Crippen LogP contribution in [-0.4, -0.2) is 35.2 Å². The quantitative estimate of drug-likeness (QED) is 0.846. The zero-order chi connectivity index (χ0) is 16.7. The Balaban J connectivity index is 2.64. The van der Waals surface area contributed by atoms with Gasteiger partial charge in [-0.15, -0.1) is 0 Å². The highest BCUT2D eigenvalue weighted by atomic mass is 16.2.